The second-order valence-corrected chi connectivity index (χ2v) is 6.13. The highest BCUT2D eigenvalue weighted by Crippen LogP contribution is 2.26. The number of nitrogens with zero attached hydrogens (tertiary/aromatic N) is 1. The summed E-state index contributed by atoms with van der Waals surface area (Å²) >= 11 is 6.13. The molecule has 0 unspecified atom stereocenters. The first-order chi connectivity index (χ1) is 11.2. The summed E-state index contributed by atoms with van der Waals surface area (Å²) in [5.74, 6) is 0.591. The summed E-state index contributed by atoms with van der Waals surface area (Å²) < 4.78 is 5.87. The van der Waals surface area contributed by atoms with E-state index in [0.29, 0.717) is 23.7 Å². The average molecular weight is 330 g/mol. The van der Waals surface area contributed by atoms with Crippen molar-refractivity contribution >= 4 is 17.5 Å². The third-order valence-corrected chi connectivity index (χ3v) is 4.51. The molecule has 0 radical (unpaired) electrons. The van der Waals surface area contributed by atoms with E-state index >= 15 is 0 Å². The molecule has 1 aliphatic rings. The molecular formula is C19H20ClNO2. The monoisotopic (exact) mass is 329 g/mol. The average Bonchev–Trinajstić information content (AvgIpc) is 2.60. The van der Waals surface area contributed by atoms with Crippen LogP contribution in [-0.4, -0.2) is 23.5 Å². The molecule has 0 bridgehead atoms. The van der Waals surface area contributed by atoms with Crippen molar-refractivity contribution in [3.05, 3.63) is 64.7 Å². The maximum Gasteiger partial charge on any atom is 0.263 e. The van der Waals surface area contributed by atoms with E-state index in [0.717, 1.165) is 13.0 Å². The molecule has 0 aliphatic carbocycles. The van der Waals surface area contributed by atoms with Crippen LogP contribution in [0.3, 0.4) is 0 Å². The van der Waals surface area contributed by atoms with Crippen LogP contribution in [0.1, 0.15) is 24.5 Å². The number of halogens is 1. The third-order valence-electron chi connectivity index (χ3n) is 4.19. The molecule has 0 aromatic heterocycles. The molecule has 0 saturated carbocycles. The van der Waals surface area contributed by atoms with Gasteiger partial charge >= 0.3 is 0 Å². The van der Waals surface area contributed by atoms with Crippen molar-refractivity contribution in [3.8, 4) is 5.75 Å². The lowest BCUT2D eigenvalue weighted by molar-refractivity contribution is -0.139. The van der Waals surface area contributed by atoms with Gasteiger partial charge in [-0.2, -0.15) is 0 Å². The minimum Gasteiger partial charge on any atom is -0.479 e. The Balaban J connectivity index is 1.72. The Morgan fingerprint density at radius 2 is 1.87 bits per heavy atom. The van der Waals surface area contributed by atoms with Crippen molar-refractivity contribution in [3.63, 3.8) is 0 Å². The van der Waals surface area contributed by atoms with Crippen LogP contribution in [0.4, 0.5) is 0 Å². The number of rotatable bonds is 4. The molecule has 1 atom stereocenters. The molecule has 3 nitrogen and oxygen atoms in total. The predicted molar refractivity (Wildman–Crippen MR) is 91.7 cm³/mol. The number of hydrogen-bond acceptors (Lipinski definition) is 2. The quantitative estimate of drug-likeness (QED) is 0.845. The Hall–Kier alpha value is -2.00. The van der Waals surface area contributed by atoms with Crippen LogP contribution in [0.15, 0.2) is 48.5 Å². The van der Waals surface area contributed by atoms with Gasteiger partial charge in [-0.15, -0.1) is 0 Å². The van der Waals surface area contributed by atoms with E-state index < -0.39 is 6.10 Å². The summed E-state index contributed by atoms with van der Waals surface area (Å²) in [5, 5.41) is 0.530. The Kier molecular flexibility index (Phi) is 4.87. The molecule has 0 fully saturated rings. The lowest BCUT2D eigenvalue weighted by Crippen LogP contribution is -2.44. The fraction of sp³-hybridized carbons (Fsp3) is 0.316. The number of carbonyl (C=O) groups excluding carboxylic acids is 1. The molecule has 1 heterocycles. The number of hydrogen-bond donors (Lipinski definition) is 0. The van der Waals surface area contributed by atoms with Crippen molar-refractivity contribution in [1.29, 1.82) is 0 Å². The number of benzene rings is 2. The Labute approximate surface area is 141 Å². The number of fused-ring (bicyclic) bond motifs is 1. The molecule has 2 aromatic rings. The van der Waals surface area contributed by atoms with Gasteiger partial charge in [0.25, 0.3) is 5.91 Å². The topological polar surface area (TPSA) is 29.5 Å². The van der Waals surface area contributed by atoms with E-state index in [1.54, 1.807) is 12.1 Å². The van der Waals surface area contributed by atoms with E-state index in [9.17, 15) is 4.79 Å². The maximum atomic E-state index is 12.8. The summed E-state index contributed by atoms with van der Waals surface area (Å²) in [5.41, 5.74) is 2.55. The smallest absolute Gasteiger partial charge is 0.263 e. The Morgan fingerprint density at radius 3 is 2.61 bits per heavy atom. The SMILES string of the molecule is CC[C@@H](Oc1ccccc1Cl)C(=O)N1CCc2ccccc2C1. The lowest BCUT2D eigenvalue weighted by Gasteiger charge is -2.31. The first-order valence-corrected chi connectivity index (χ1v) is 8.33. The van der Waals surface area contributed by atoms with Crippen LogP contribution < -0.4 is 4.74 Å². The summed E-state index contributed by atoms with van der Waals surface area (Å²) in [6, 6.07) is 15.6. The third kappa shape index (κ3) is 3.50. The molecule has 23 heavy (non-hydrogen) atoms. The van der Waals surface area contributed by atoms with Gasteiger partial charge in [0.1, 0.15) is 5.75 Å². The Bertz CT molecular complexity index is 701. The first kappa shape index (κ1) is 15.9. The lowest BCUT2D eigenvalue weighted by atomic mass is 9.99. The van der Waals surface area contributed by atoms with Crippen LogP contribution >= 0.6 is 11.6 Å². The van der Waals surface area contributed by atoms with Gasteiger partial charge in [-0.3, -0.25) is 4.79 Å². The van der Waals surface area contributed by atoms with E-state index in [1.165, 1.54) is 11.1 Å². The van der Waals surface area contributed by atoms with Crippen molar-refractivity contribution in [1.82, 2.24) is 4.90 Å². The number of carbonyl (C=O) groups is 1. The summed E-state index contributed by atoms with van der Waals surface area (Å²) in [6.45, 7) is 3.34. The van der Waals surface area contributed by atoms with Crippen molar-refractivity contribution in [2.24, 2.45) is 0 Å². The highest BCUT2D eigenvalue weighted by Gasteiger charge is 2.27. The molecule has 0 N–H and O–H groups in total. The highest BCUT2D eigenvalue weighted by atomic mass is 35.5. The van der Waals surface area contributed by atoms with Crippen LogP contribution in [0.25, 0.3) is 0 Å². The van der Waals surface area contributed by atoms with Gasteiger partial charge < -0.3 is 9.64 Å². The standard InChI is InChI=1S/C19H20ClNO2/c1-2-17(23-18-10-6-5-9-16(18)20)19(22)21-12-11-14-7-3-4-8-15(14)13-21/h3-10,17H,2,11-13H2,1H3/t17-/m1/s1. The second kappa shape index (κ2) is 7.05. The minimum atomic E-state index is -0.500. The van der Waals surface area contributed by atoms with Crippen molar-refractivity contribution in [2.75, 3.05) is 6.54 Å². The van der Waals surface area contributed by atoms with Gasteiger partial charge in [-0.25, -0.2) is 0 Å². The molecule has 2 aromatic carbocycles. The summed E-state index contributed by atoms with van der Waals surface area (Å²) in [7, 11) is 0. The van der Waals surface area contributed by atoms with Gasteiger partial charge in [-0.05, 0) is 36.1 Å². The number of amides is 1. The van der Waals surface area contributed by atoms with Gasteiger partial charge in [0, 0.05) is 13.1 Å². The predicted octanol–water partition coefficient (Wildman–Crippen LogP) is 4.08. The minimum absolute atomic E-state index is 0.0296. The van der Waals surface area contributed by atoms with Gasteiger partial charge in [-0.1, -0.05) is 54.9 Å². The zero-order valence-electron chi connectivity index (χ0n) is 13.2. The molecule has 3 rings (SSSR count). The highest BCUT2D eigenvalue weighted by molar-refractivity contribution is 6.32. The van der Waals surface area contributed by atoms with Crippen LogP contribution in [0, 0.1) is 0 Å². The molecule has 120 valence electrons. The number of para-hydroxylation sites is 1. The maximum absolute atomic E-state index is 12.8. The van der Waals surface area contributed by atoms with Crippen LogP contribution in [-0.2, 0) is 17.8 Å². The molecule has 1 aliphatic heterocycles. The summed E-state index contributed by atoms with van der Waals surface area (Å²) in [6.07, 6.45) is 1.01. The summed E-state index contributed by atoms with van der Waals surface area (Å²) in [4.78, 5) is 14.7. The molecule has 4 heteroatoms. The largest absolute Gasteiger partial charge is 0.479 e. The van der Waals surface area contributed by atoms with Crippen LogP contribution in [0.2, 0.25) is 5.02 Å². The normalized spacial score (nSPS) is 15.0. The van der Waals surface area contributed by atoms with Gasteiger partial charge in [0.05, 0.1) is 5.02 Å². The van der Waals surface area contributed by atoms with Crippen molar-refractivity contribution < 1.29 is 9.53 Å². The fourth-order valence-electron chi connectivity index (χ4n) is 2.89. The van der Waals surface area contributed by atoms with Crippen LogP contribution in [0.5, 0.6) is 5.75 Å². The second-order valence-electron chi connectivity index (χ2n) is 5.72. The van der Waals surface area contributed by atoms with Crippen molar-refractivity contribution in [2.45, 2.75) is 32.4 Å². The molecule has 0 spiro atoms. The van der Waals surface area contributed by atoms with E-state index in [2.05, 4.69) is 12.1 Å². The van der Waals surface area contributed by atoms with Gasteiger partial charge in [0.15, 0.2) is 6.10 Å². The number of ether oxygens (including phenoxy) is 1. The zero-order valence-corrected chi connectivity index (χ0v) is 13.9. The zero-order chi connectivity index (χ0) is 16.2. The van der Waals surface area contributed by atoms with Gasteiger partial charge in [0.2, 0.25) is 0 Å². The van der Waals surface area contributed by atoms with E-state index in [4.69, 9.17) is 16.3 Å². The van der Waals surface area contributed by atoms with E-state index in [1.807, 2.05) is 36.1 Å². The fourth-order valence-corrected chi connectivity index (χ4v) is 3.07. The molecule has 0 saturated heterocycles. The van der Waals surface area contributed by atoms with E-state index in [-0.39, 0.29) is 5.91 Å². The Morgan fingerprint density at radius 1 is 1.17 bits per heavy atom. The first-order valence-electron chi connectivity index (χ1n) is 7.95. The molecular weight excluding hydrogens is 310 g/mol. The molecule has 1 amide bonds.